The number of hydrogen-bond donors (Lipinski definition) is 1. The molecule has 0 saturated carbocycles. The summed E-state index contributed by atoms with van der Waals surface area (Å²) < 4.78 is 5.30. The van der Waals surface area contributed by atoms with Crippen molar-refractivity contribution in [2.75, 3.05) is 11.9 Å². The van der Waals surface area contributed by atoms with Gasteiger partial charge < -0.3 is 10.1 Å². The predicted octanol–water partition coefficient (Wildman–Crippen LogP) is 3.93. The number of nitrogens with one attached hydrogen (secondary N) is 1. The van der Waals surface area contributed by atoms with Crippen molar-refractivity contribution in [3.8, 4) is 0 Å². The zero-order valence-corrected chi connectivity index (χ0v) is 14.2. The maximum Gasteiger partial charge on any atom is 0.417 e. The molecule has 0 atom stereocenters. The number of para-hydroxylation sites is 1. The summed E-state index contributed by atoms with van der Waals surface area (Å²) in [4.78, 5) is 25.9. The van der Waals surface area contributed by atoms with Crippen LogP contribution in [0.1, 0.15) is 40.5 Å². The van der Waals surface area contributed by atoms with E-state index in [4.69, 9.17) is 4.74 Å². The lowest BCUT2D eigenvalue weighted by atomic mass is 10.1. The van der Waals surface area contributed by atoms with E-state index in [0.29, 0.717) is 25.0 Å². The second-order valence-corrected chi connectivity index (χ2v) is 6.49. The third kappa shape index (κ3) is 4.34. The van der Waals surface area contributed by atoms with Crippen molar-refractivity contribution in [3.05, 3.63) is 41.6 Å². The van der Waals surface area contributed by atoms with E-state index in [0.717, 1.165) is 11.4 Å². The number of nitrogens with zero attached hydrogens (tertiary/aromatic N) is 1. The molecule has 0 aromatic heterocycles. The van der Waals surface area contributed by atoms with Crippen LogP contribution in [-0.2, 0) is 9.53 Å². The minimum absolute atomic E-state index is 0.264. The molecule has 124 valence electrons. The first-order valence-electron chi connectivity index (χ1n) is 7.90. The molecule has 0 aliphatic carbocycles. The minimum atomic E-state index is -0.611. The van der Waals surface area contributed by atoms with Crippen LogP contribution in [0.3, 0.4) is 0 Å². The number of carbonyl (C=O) groups is 2. The summed E-state index contributed by atoms with van der Waals surface area (Å²) in [5, 5.41) is 3.29. The van der Waals surface area contributed by atoms with Gasteiger partial charge in [0.1, 0.15) is 5.60 Å². The zero-order valence-electron chi connectivity index (χ0n) is 14.2. The van der Waals surface area contributed by atoms with Crippen LogP contribution in [0.5, 0.6) is 0 Å². The number of allylic oxidation sites excluding steroid dienone is 1. The molecular weight excluding hydrogens is 292 g/mol. The average Bonchev–Trinajstić information content (AvgIpc) is 2.86. The van der Waals surface area contributed by atoms with Crippen LogP contribution in [0, 0.1) is 0 Å². The first kappa shape index (κ1) is 17.1. The largest absolute Gasteiger partial charge is 0.443 e. The SMILES string of the molecule is CC/C(Nc1ccccc1)=C1\CCN(C(=O)OC(C)(C)C)C1=O. The fourth-order valence-corrected chi connectivity index (χ4v) is 2.44. The number of benzene rings is 1. The molecule has 1 N–H and O–H groups in total. The number of ether oxygens (including phenoxy) is 1. The molecule has 1 aliphatic rings. The van der Waals surface area contributed by atoms with Gasteiger partial charge in [0.2, 0.25) is 0 Å². The third-order valence-electron chi connectivity index (χ3n) is 3.49. The van der Waals surface area contributed by atoms with Crippen LogP contribution < -0.4 is 5.32 Å². The molecule has 0 spiro atoms. The molecule has 0 radical (unpaired) electrons. The molecule has 5 nitrogen and oxygen atoms in total. The predicted molar refractivity (Wildman–Crippen MR) is 89.9 cm³/mol. The fourth-order valence-electron chi connectivity index (χ4n) is 2.44. The van der Waals surface area contributed by atoms with Gasteiger partial charge in [-0.1, -0.05) is 25.1 Å². The van der Waals surface area contributed by atoms with Crippen molar-refractivity contribution in [1.29, 1.82) is 0 Å². The van der Waals surface area contributed by atoms with E-state index >= 15 is 0 Å². The Morgan fingerprint density at radius 2 is 1.91 bits per heavy atom. The summed E-state index contributed by atoms with van der Waals surface area (Å²) in [5.41, 5.74) is 1.83. The van der Waals surface area contributed by atoms with Crippen LogP contribution in [0.2, 0.25) is 0 Å². The second-order valence-electron chi connectivity index (χ2n) is 6.49. The van der Waals surface area contributed by atoms with Gasteiger partial charge in [-0.3, -0.25) is 4.79 Å². The molecule has 1 aliphatic heterocycles. The van der Waals surface area contributed by atoms with E-state index in [1.54, 1.807) is 20.8 Å². The molecule has 5 heteroatoms. The summed E-state index contributed by atoms with van der Waals surface area (Å²) >= 11 is 0. The topological polar surface area (TPSA) is 58.6 Å². The first-order chi connectivity index (χ1) is 10.8. The van der Waals surface area contributed by atoms with Gasteiger partial charge >= 0.3 is 6.09 Å². The maximum absolute atomic E-state index is 12.6. The highest BCUT2D eigenvalue weighted by Gasteiger charge is 2.35. The molecule has 23 heavy (non-hydrogen) atoms. The van der Waals surface area contributed by atoms with Crippen LogP contribution >= 0.6 is 0 Å². The Morgan fingerprint density at radius 1 is 1.26 bits per heavy atom. The molecule has 0 bridgehead atoms. The number of carbonyl (C=O) groups excluding carboxylic acids is 2. The molecule has 1 heterocycles. The van der Waals surface area contributed by atoms with Crippen molar-refractivity contribution in [2.45, 2.75) is 46.1 Å². The summed E-state index contributed by atoms with van der Waals surface area (Å²) in [6.07, 6.45) is 0.659. The summed E-state index contributed by atoms with van der Waals surface area (Å²) in [5.74, 6) is -0.264. The average molecular weight is 316 g/mol. The normalized spacial score (nSPS) is 17.2. The van der Waals surface area contributed by atoms with E-state index in [1.807, 2.05) is 37.3 Å². The highest BCUT2D eigenvalue weighted by molar-refractivity contribution is 6.05. The molecule has 0 unspecified atom stereocenters. The van der Waals surface area contributed by atoms with Crippen molar-refractivity contribution in [3.63, 3.8) is 0 Å². The van der Waals surface area contributed by atoms with Gasteiger partial charge in [-0.25, -0.2) is 9.69 Å². The first-order valence-corrected chi connectivity index (χ1v) is 7.90. The van der Waals surface area contributed by atoms with E-state index in [1.165, 1.54) is 4.90 Å². The summed E-state index contributed by atoms with van der Waals surface area (Å²) in [6, 6.07) is 9.70. The maximum atomic E-state index is 12.6. The lowest BCUT2D eigenvalue weighted by molar-refractivity contribution is -0.124. The Kier molecular flexibility index (Phi) is 5.08. The van der Waals surface area contributed by atoms with Gasteiger partial charge in [-0.15, -0.1) is 0 Å². The lowest BCUT2D eigenvalue weighted by Gasteiger charge is -2.23. The van der Waals surface area contributed by atoms with E-state index in [2.05, 4.69) is 5.32 Å². The zero-order chi connectivity index (χ0) is 17.0. The molecule has 2 rings (SSSR count). The van der Waals surface area contributed by atoms with Gasteiger partial charge in [0.15, 0.2) is 0 Å². The number of anilines is 1. The molecule has 1 aromatic carbocycles. The third-order valence-corrected chi connectivity index (χ3v) is 3.49. The second kappa shape index (κ2) is 6.86. The number of rotatable bonds is 3. The van der Waals surface area contributed by atoms with Crippen LogP contribution in [0.25, 0.3) is 0 Å². The van der Waals surface area contributed by atoms with Gasteiger partial charge in [0.25, 0.3) is 5.91 Å². The van der Waals surface area contributed by atoms with E-state index in [-0.39, 0.29) is 5.91 Å². The Labute approximate surface area is 137 Å². The van der Waals surface area contributed by atoms with Crippen molar-refractivity contribution in [2.24, 2.45) is 0 Å². The van der Waals surface area contributed by atoms with E-state index in [9.17, 15) is 9.59 Å². The Balaban J connectivity index is 2.16. The molecule has 1 saturated heterocycles. The fraction of sp³-hybridized carbons (Fsp3) is 0.444. The minimum Gasteiger partial charge on any atom is -0.443 e. The van der Waals surface area contributed by atoms with Crippen molar-refractivity contribution >= 4 is 17.7 Å². The molecular formula is C18H24N2O3. The van der Waals surface area contributed by atoms with Crippen LogP contribution in [-0.4, -0.2) is 29.0 Å². The quantitative estimate of drug-likeness (QED) is 0.858. The standard InChI is InChI=1S/C18H24N2O3/c1-5-15(19-13-9-7-6-8-10-13)14-11-12-20(16(14)21)17(22)23-18(2,3)4/h6-10,19H,5,11-12H2,1-4H3/b15-14-. The van der Waals surface area contributed by atoms with Crippen molar-refractivity contribution < 1.29 is 14.3 Å². The smallest absolute Gasteiger partial charge is 0.417 e. The Morgan fingerprint density at radius 3 is 2.48 bits per heavy atom. The van der Waals surface area contributed by atoms with Crippen molar-refractivity contribution in [1.82, 2.24) is 4.90 Å². The van der Waals surface area contributed by atoms with Gasteiger partial charge in [-0.05, 0) is 45.7 Å². The summed E-state index contributed by atoms with van der Waals surface area (Å²) in [7, 11) is 0. The molecule has 1 fully saturated rings. The van der Waals surface area contributed by atoms with Crippen LogP contribution in [0.4, 0.5) is 10.5 Å². The van der Waals surface area contributed by atoms with E-state index < -0.39 is 11.7 Å². The molecule has 2 amide bonds. The monoisotopic (exact) mass is 316 g/mol. The number of amides is 2. The number of likely N-dealkylation sites (tertiary alicyclic amines) is 1. The van der Waals surface area contributed by atoms with Gasteiger partial charge in [0.05, 0.1) is 0 Å². The number of hydrogen-bond acceptors (Lipinski definition) is 4. The summed E-state index contributed by atoms with van der Waals surface area (Å²) in [6.45, 7) is 7.72. The highest BCUT2D eigenvalue weighted by atomic mass is 16.6. The highest BCUT2D eigenvalue weighted by Crippen LogP contribution is 2.25. The Hall–Kier alpha value is -2.30. The number of imide groups is 1. The van der Waals surface area contributed by atoms with Gasteiger partial charge in [0, 0.05) is 23.5 Å². The molecule has 1 aromatic rings. The van der Waals surface area contributed by atoms with Crippen LogP contribution in [0.15, 0.2) is 41.6 Å². The lowest BCUT2D eigenvalue weighted by Crippen LogP contribution is -2.37. The van der Waals surface area contributed by atoms with Gasteiger partial charge in [-0.2, -0.15) is 0 Å². The Bertz CT molecular complexity index is 615.